The molecule has 3 nitrogen and oxygen atoms in total. The quantitative estimate of drug-likeness (QED) is 0.821. The van der Waals surface area contributed by atoms with Gasteiger partial charge in [-0.3, -0.25) is 4.98 Å². The zero-order chi connectivity index (χ0) is 14.5. The minimum Gasteiger partial charge on any atom is -0.377 e. The van der Waals surface area contributed by atoms with Crippen molar-refractivity contribution in [1.29, 1.82) is 0 Å². The number of pyridine rings is 1. The molecule has 4 heteroatoms. The zero-order valence-electron chi connectivity index (χ0n) is 12.1. The van der Waals surface area contributed by atoms with Crippen LogP contribution in [0.25, 0.3) is 10.9 Å². The van der Waals surface area contributed by atoms with E-state index in [1.54, 1.807) is 0 Å². The van der Waals surface area contributed by atoms with Gasteiger partial charge in [-0.1, -0.05) is 30.5 Å². The number of benzene rings is 1. The molecule has 0 aliphatic heterocycles. The van der Waals surface area contributed by atoms with Gasteiger partial charge in [0.05, 0.1) is 18.2 Å². The first-order valence-electron chi connectivity index (χ1n) is 7.69. The molecular formula is C17H21ClN2O. The van der Waals surface area contributed by atoms with E-state index in [2.05, 4.69) is 10.3 Å². The monoisotopic (exact) mass is 304 g/mol. The number of aromatic nitrogens is 1. The van der Waals surface area contributed by atoms with Gasteiger partial charge in [-0.2, -0.15) is 0 Å². The largest absolute Gasteiger partial charge is 0.377 e. The fraction of sp³-hybridized carbons (Fsp3) is 0.471. The van der Waals surface area contributed by atoms with Gasteiger partial charge in [-0.05, 0) is 36.6 Å². The molecule has 0 saturated heterocycles. The number of rotatable bonds is 6. The molecule has 21 heavy (non-hydrogen) atoms. The Bertz CT molecular complexity index is 596. The first-order chi connectivity index (χ1) is 10.3. The van der Waals surface area contributed by atoms with Crippen LogP contribution >= 0.6 is 11.6 Å². The average molecular weight is 305 g/mol. The number of halogens is 1. The SMILES string of the molecule is Clc1ccc(CNCCOC2CCCC2)c2ncccc12. The number of nitrogens with one attached hydrogen (secondary N) is 1. The maximum Gasteiger partial charge on any atom is 0.0761 e. The first kappa shape index (κ1) is 14.8. The van der Waals surface area contributed by atoms with Gasteiger partial charge in [-0.15, -0.1) is 0 Å². The molecule has 1 heterocycles. The molecular weight excluding hydrogens is 284 g/mol. The second kappa shape index (κ2) is 7.21. The van der Waals surface area contributed by atoms with Gasteiger partial charge < -0.3 is 10.1 Å². The molecule has 1 aromatic heterocycles. The smallest absolute Gasteiger partial charge is 0.0761 e. The minimum absolute atomic E-state index is 0.491. The van der Waals surface area contributed by atoms with Gasteiger partial charge in [0.25, 0.3) is 0 Å². The third kappa shape index (κ3) is 3.73. The highest BCUT2D eigenvalue weighted by molar-refractivity contribution is 6.35. The summed E-state index contributed by atoms with van der Waals surface area (Å²) in [5.41, 5.74) is 2.16. The van der Waals surface area contributed by atoms with E-state index in [4.69, 9.17) is 16.3 Å². The Hall–Kier alpha value is -1.16. The van der Waals surface area contributed by atoms with Crippen molar-refractivity contribution in [3.63, 3.8) is 0 Å². The fourth-order valence-corrected chi connectivity index (χ4v) is 3.13. The number of ether oxygens (including phenoxy) is 1. The number of nitrogens with zero attached hydrogens (tertiary/aromatic N) is 1. The van der Waals surface area contributed by atoms with Crippen LogP contribution in [0.4, 0.5) is 0 Å². The highest BCUT2D eigenvalue weighted by Crippen LogP contribution is 2.24. The predicted molar refractivity (Wildman–Crippen MR) is 86.7 cm³/mol. The molecule has 0 spiro atoms. The lowest BCUT2D eigenvalue weighted by Crippen LogP contribution is -2.22. The molecule has 1 saturated carbocycles. The Labute approximate surface area is 130 Å². The van der Waals surface area contributed by atoms with Crippen LogP contribution in [0.15, 0.2) is 30.5 Å². The molecule has 0 bridgehead atoms. The summed E-state index contributed by atoms with van der Waals surface area (Å²) in [7, 11) is 0. The molecule has 0 amide bonds. The van der Waals surface area contributed by atoms with Crippen LogP contribution in [0.5, 0.6) is 0 Å². The summed E-state index contributed by atoms with van der Waals surface area (Å²) < 4.78 is 5.85. The highest BCUT2D eigenvalue weighted by Gasteiger charge is 2.14. The summed E-state index contributed by atoms with van der Waals surface area (Å²) in [6, 6.07) is 7.92. The van der Waals surface area contributed by atoms with Gasteiger partial charge in [0.1, 0.15) is 0 Å². The Morgan fingerprint density at radius 3 is 2.95 bits per heavy atom. The van der Waals surface area contributed by atoms with Crippen LogP contribution in [-0.4, -0.2) is 24.2 Å². The molecule has 0 unspecified atom stereocenters. The standard InChI is InChI=1S/C17H21ClN2O/c18-16-8-7-13(17-15(16)6-3-9-20-17)12-19-10-11-21-14-4-1-2-5-14/h3,6-9,14,19H,1-2,4-5,10-12H2. The van der Waals surface area contributed by atoms with Gasteiger partial charge >= 0.3 is 0 Å². The minimum atomic E-state index is 0.491. The Morgan fingerprint density at radius 1 is 1.24 bits per heavy atom. The Balaban J connectivity index is 1.52. The molecule has 1 aromatic carbocycles. The van der Waals surface area contributed by atoms with E-state index in [-0.39, 0.29) is 0 Å². The van der Waals surface area contributed by atoms with Crippen molar-refractivity contribution in [3.05, 3.63) is 41.0 Å². The molecule has 1 aliphatic carbocycles. The second-order valence-corrected chi connectivity index (χ2v) is 5.97. The van der Waals surface area contributed by atoms with Crippen LogP contribution in [-0.2, 0) is 11.3 Å². The maximum atomic E-state index is 6.21. The summed E-state index contributed by atoms with van der Waals surface area (Å²) in [6.07, 6.45) is 7.40. The van der Waals surface area contributed by atoms with E-state index in [1.165, 1.54) is 31.2 Å². The predicted octanol–water partition coefficient (Wildman–Crippen LogP) is 3.94. The van der Waals surface area contributed by atoms with E-state index < -0.39 is 0 Å². The Kier molecular flexibility index (Phi) is 5.07. The first-order valence-corrected chi connectivity index (χ1v) is 8.07. The summed E-state index contributed by atoms with van der Waals surface area (Å²) in [5, 5.41) is 5.20. The van der Waals surface area contributed by atoms with Crippen molar-refractivity contribution in [1.82, 2.24) is 10.3 Å². The summed E-state index contributed by atoms with van der Waals surface area (Å²) in [5.74, 6) is 0. The van der Waals surface area contributed by atoms with E-state index in [0.717, 1.165) is 35.6 Å². The average Bonchev–Trinajstić information content (AvgIpc) is 3.03. The molecule has 0 atom stereocenters. The van der Waals surface area contributed by atoms with Gasteiger partial charge in [0.2, 0.25) is 0 Å². The normalized spacial score (nSPS) is 15.9. The van der Waals surface area contributed by atoms with Gasteiger partial charge in [0, 0.05) is 29.7 Å². The fourth-order valence-electron chi connectivity index (χ4n) is 2.91. The van der Waals surface area contributed by atoms with E-state index >= 15 is 0 Å². The van der Waals surface area contributed by atoms with Gasteiger partial charge in [0.15, 0.2) is 0 Å². The summed E-state index contributed by atoms with van der Waals surface area (Å²) >= 11 is 6.21. The summed E-state index contributed by atoms with van der Waals surface area (Å²) in [6.45, 7) is 2.44. The lowest BCUT2D eigenvalue weighted by atomic mass is 10.1. The van der Waals surface area contributed by atoms with E-state index in [9.17, 15) is 0 Å². The third-order valence-corrected chi connectivity index (χ3v) is 4.38. The topological polar surface area (TPSA) is 34.1 Å². The lowest BCUT2D eigenvalue weighted by molar-refractivity contribution is 0.0603. The van der Waals surface area contributed by atoms with Crippen molar-refractivity contribution in [2.75, 3.05) is 13.2 Å². The lowest BCUT2D eigenvalue weighted by Gasteiger charge is -2.12. The van der Waals surface area contributed by atoms with Crippen LogP contribution in [0.3, 0.4) is 0 Å². The zero-order valence-corrected chi connectivity index (χ0v) is 12.9. The van der Waals surface area contributed by atoms with Crippen LogP contribution in [0.1, 0.15) is 31.2 Å². The number of hydrogen-bond acceptors (Lipinski definition) is 3. The van der Waals surface area contributed by atoms with Crippen molar-refractivity contribution < 1.29 is 4.74 Å². The molecule has 0 radical (unpaired) electrons. The third-order valence-electron chi connectivity index (χ3n) is 4.05. The number of hydrogen-bond donors (Lipinski definition) is 1. The molecule has 1 aliphatic rings. The molecule has 3 rings (SSSR count). The van der Waals surface area contributed by atoms with E-state index in [1.807, 2.05) is 30.5 Å². The van der Waals surface area contributed by atoms with Crippen LogP contribution in [0, 0.1) is 0 Å². The van der Waals surface area contributed by atoms with Crippen molar-refractivity contribution in [2.24, 2.45) is 0 Å². The second-order valence-electron chi connectivity index (χ2n) is 5.56. The molecule has 1 fully saturated rings. The van der Waals surface area contributed by atoms with Crippen molar-refractivity contribution >= 4 is 22.5 Å². The maximum absolute atomic E-state index is 6.21. The van der Waals surface area contributed by atoms with Crippen molar-refractivity contribution in [2.45, 2.75) is 38.3 Å². The summed E-state index contributed by atoms with van der Waals surface area (Å²) in [4.78, 5) is 4.45. The molecule has 112 valence electrons. The van der Waals surface area contributed by atoms with Crippen LogP contribution in [0.2, 0.25) is 5.02 Å². The Morgan fingerprint density at radius 2 is 2.10 bits per heavy atom. The van der Waals surface area contributed by atoms with E-state index in [0.29, 0.717) is 6.10 Å². The van der Waals surface area contributed by atoms with Crippen LogP contribution < -0.4 is 5.32 Å². The van der Waals surface area contributed by atoms with Crippen molar-refractivity contribution in [3.8, 4) is 0 Å². The number of fused-ring (bicyclic) bond motifs is 1. The highest BCUT2D eigenvalue weighted by atomic mass is 35.5. The van der Waals surface area contributed by atoms with Gasteiger partial charge in [-0.25, -0.2) is 0 Å². The molecule has 2 aromatic rings. The molecule has 1 N–H and O–H groups in total.